The van der Waals surface area contributed by atoms with Crippen LogP contribution in [0.3, 0.4) is 0 Å². The van der Waals surface area contributed by atoms with Crippen LogP contribution in [-0.2, 0) is 5.41 Å². The van der Waals surface area contributed by atoms with Crippen molar-refractivity contribution in [3.05, 3.63) is 29.3 Å². The lowest BCUT2D eigenvalue weighted by molar-refractivity contribution is 0.456. The van der Waals surface area contributed by atoms with E-state index in [0.717, 1.165) is 18.4 Å². The fraction of sp³-hybridized carbons (Fsp3) is 0.571. The van der Waals surface area contributed by atoms with Crippen LogP contribution in [0.5, 0.6) is 5.75 Å². The topological polar surface area (TPSA) is 46.2 Å². The van der Waals surface area contributed by atoms with Gasteiger partial charge in [-0.05, 0) is 29.9 Å². The van der Waals surface area contributed by atoms with Gasteiger partial charge in [0.15, 0.2) is 0 Å². The summed E-state index contributed by atoms with van der Waals surface area (Å²) in [5, 5.41) is 9.79. The largest absolute Gasteiger partial charge is 0.508 e. The number of benzene rings is 1. The van der Waals surface area contributed by atoms with E-state index in [2.05, 4.69) is 20.8 Å². The molecule has 0 radical (unpaired) electrons. The molecular weight excluding hydrogens is 198 g/mol. The molecule has 0 amide bonds. The van der Waals surface area contributed by atoms with E-state index in [-0.39, 0.29) is 11.5 Å². The second kappa shape index (κ2) is 4.88. The average Bonchev–Trinajstić information content (AvgIpc) is 2.28. The third kappa shape index (κ3) is 2.56. The number of nitrogens with two attached hydrogens (primary N) is 1. The number of rotatable bonds is 4. The molecule has 1 rings (SSSR count). The van der Waals surface area contributed by atoms with E-state index in [0.29, 0.717) is 5.75 Å². The van der Waals surface area contributed by atoms with Crippen molar-refractivity contribution < 1.29 is 5.11 Å². The fourth-order valence-electron chi connectivity index (χ4n) is 1.70. The molecular formula is C14H23NO. The highest BCUT2D eigenvalue weighted by atomic mass is 16.3. The molecule has 2 nitrogen and oxygen atoms in total. The van der Waals surface area contributed by atoms with Gasteiger partial charge in [-0.3, -0.25) is 0 Å². The van der Waals surface area contributed by atoms with Crippen molar-refractivity contribution in [2.75, 3.05) is 0 Å². The number of phenolic OH excluding ortho intramolecular Hbond substituents is 1. The first kappa shape index (κ1) is 13.0. The van der Waals surface area contributed by atoms with Crippen molar-refractivity contribution in [2.24, 2.45) is 5.73 Å². The van der Waals surface area contributed by atoms with Crippen LogP contribution in [0, 0.1) is 0 Å². The first-order chi connectivity index (χ1) is 7.42. The zero-order valence-corrected chi connectivity index (χ0v) is 10.7. The summed E-state index contributed by atoms with van der Waals surface area (Å²) in [5.74, 6) is 0.310. The van der Waals surface area contributed by atoms with Crippen molar-refractivity contribution in [3.8, 4) is 5.75 Å². The molecule has 0 aromatic heterocycles. The second-order valence-electron chi connectivity index (χ2n) is 5.03. The van der Waals surface area contributed by atoms with Crippen LogP contribution in [0.15, 0.2) is 18.2 Å². The number of aromatic hydroxyl groups is 1. The summed E-state index contributed by atoms with van der Waals surface area (Å²) in [7, 11) is 0. The maximum atomic E-state index is 9.79. The second-order valence-corrected chi connectivity index (χ2v) is 5.03. The third-order valence-corrected chi connectivity index (χ3v) is 3.53. The normalized spacial score (nSPS) is 13.8. The SMILES string of the molecule is CCC(N)c1cc(C(C)(C)CC)ccc1O. The highest BCUT2D eigenvalue weighted by Gasteiger charge is 2.20. The molecule has 16 heavy (non-hydrogen) atoms. The van der Waals surface area contributed by atoms with E-state index in [1.807, 2.05) is 19.1 Å². The maximum absolute atomic E-state index is 9.79. The lowest BCUT2D eigenvalue weighted by Gasteiger charge is -2.25. The number of hydrogen-bond donors (Lipinski definition) is 2. The van der Waals surface area contributed by atoms with Gasteiger partial charge in [0, 0.05) is 11.6 Å². The van der Waals surface area contributed by atoms with Crippen molar-refractivity contribution in [2.45, 2.75) is 52.0 Å². The van der Waals surface area contributed by atoms with Crippen LogP contribution in [0.4, 0.5) is 0 Å². The van der Waals surface area contributed by atoms with E-state index in [9.17, 15) is 5.11 Å². The molecule has 3 N–H and O–H groups in total. The molecule has 0 saturated carbocycles. The summed E-state index contributed by atoms with van der Waals surface area (Å²) in [6.07, 6.45) is 1.90. The first-order valence-electron chi connectivity index (χ1n) is 6.01. The Morgan fingerprint density at radius 3 is 2.44 bits per heavy atom. The minimum atomic E-state index is -0.0763. The van der Waals surface area contributed by atoms with E-state index in [1.54, 1.807) is 6.07 Å². The molecule has 1 atom stereocenters. The summed E-state index contributed by atoms with van der Waals surface area (Å²) in [6, 6.07) is 5.72. The van der Waals surface area contributed by atoms with Crippen LogP contribution in [0.2, 0.25) is 0 Å². The van der Waals surface area contributed by atoms with Crippen molar-refractivity contribution in [3.63, 3.8) is 0 Å². The van der Waals surface area contributed by atoms with E-state index in [4.69, 9.17) is 5.73 Å². The quantitative estimate of drug-likeness (QED) is 0.817. The van der Waals surface area contributed by atoms with Gasteiger partial charge in [-0.2, -0.15) is 0 Å². The first-order valence-corrected chi connectivity index (χ1v) is 6.01. The Kier molecular flexibility index (Phi) is 3.98. The highest BCUT2D eigenvalue weighted by Crippen LogP contribution is 2.32. The van der Waals surface area contributed by atoms with Crippen molar-refractivity contribution in [1.29, 1.82) is 0 Å². The van der Waals surface area contributed by atoms with Gasteiger partial charge in [-0.15, -0.1) is 0 Å². The Morgan fingerprint density at radius 1 is 1.31 bits per heavy atom. The summed E-state index contributed by atoms with van der Waals surface area (Å²) >= 11 is 0. The summed E-state index contributed by atoms with van der Waals surface area (Å²) in [5.41, 5.74) is 8.23. The summed E-state index contributed by atoms with van der Waals surface area (Å²) in [4.78, 5) is 0. The van der Waals surface area contributed by atoms with Gasteiger partial charge in [0.2, 0.25) is 0 Å². The summed E-state index contributed by atoms with van der Waals surface area (Å²) < 4.78 is 0. The van der Waals surface area contributed by atoms with E-state index >= 15 is 0 Å². The standard InChI is InChI=1S/C14H23NO/c1-5-12(15)11-9-10(7-8-13(11)16)14(3,4)6-2/h7-9,12,16H,5-6,15H2,1-4H3. The van der Waals surface area contributed by atoms with Gasteiger partial charge < -0.3 is 10.8 Å². The highest BCUT2D eigenvalue weighted by molar-refractivity contribution is 5.40. The zero-order chi connectivity index (χ0) is 12.3. The number of phenols is 1. The maximum Gasteiger partial charge on any atom is 0.120 e. The molecule has 1 aromatic carbocycles. The van der Waals surface area contributed by atoms with Crippen LogP contribution in [-0.4, -0.2) is 5.11 Å². The Balaban J connectivity index is 3.17. The Bertz CT molecular complexity index is 358. The molecule has 90 valence electrons. The van der Waals surface area contributed by atoms with Crippen LogP contribution in [0.25, 0.3) is 0 Å². The molecule has 0 aliphatic rings. The van der Waals surface area contributed by atoms with Gasteiger partial charge >= 0.3 is 0 Å². The Hall–Kier alpha value is -1.02. The predicted molar refractivity (Wildman–Crippen MR) is 68.6 cm³/mol. The molecule has 1 aromatic rings. The average molecular weight is 221 g/mol. The Morgan fingerprint density at radius 2 is 1.94 bits per heavy atom. The molecule has 0 spiro atoms. The molecule has 0 aliphatic heterocycles. The Labute approximate surface area is 98.5 Å². The monoisotopic (exact) mass is 221 g/mol. The zero-order valence-electron chi connectivity index (χ0n) is 10.7. The molecule has 0 heterocycles. The van der Waals surface area contributed by atoms with Gasteiger partial charge in [0.1, 0.15) is 5.75 Å². The predicted octanol–water partition coefficient (Wildman–Crippen LogP) is 3.49. The smallest absolute Gasteiger partial charge is 0.120 e. The summed E-state index contributed by atoms with van der Waals surface area (Å²) in [6.45, 7) is 8.62. The molecule has 0 aliphatic carbocycles. The van der Waals surface area contributed by atoms with Gasteiger partial charge in [-0.25, -0.2) is 0 Å². The minimum absolute atomic E-state index is 0.0763. The van der Waals surface area contributed by atoms with Gasteiger partial charge in [0.05, 0.1) is 0 Å². The minimum Gasteiger partial charge on any atom is -0.508 e. The fourth-order valence-corrected chi connectivity index (χ4v) is 1.70. The van der Waals surface area contributed by atoms with Crippen molar-refractivity contribution in [1.82, 2.24) is 0 Å². The molecule has 1 unspecified atom stereocenters. The van der Waals surface area contributed by atoms with E-state index in [1.165, 1.54) is 5.56 Å². The lowest BCUT2D eigenvalue weighted by Crippen LogP contribution is -2.17. The van der Waals surface area contributed by atoms with Gasteiger partial charge in [0.25, 0.3) is 0 Å². The van der Waals surface area contributed by atoms with Gasteiger partial charge in [-0.1, -0.05) is 39.8 Å². The molecule has 0 saturated heterocycles. The lowest BCUT2D eigenvalue weighted by atomic mass is 9.81. The van der Waals surface area contributed by atoms with Crippen LogP contribution >= 0.6 is 0 Å². The molecule has 2 heteroatoms. The third-order valence-electron chi connectivity index (χ3n) is 3.53. The van der Waals surface area contributed by atoms with Crippen LogP contribution < -0.4 is 5.73 Å². The van der Waals surface area contributed by atoms with Crippen molar-refractivity contribution >= 4 is 0 Å². The molecule has 0 fully saturated rings. The van der Waals surface area contributed by atoms with Crippen LogP contribution in [0.1, 0.15) is 57.7 Å². The van der Waals surface area contributed by atoms with E-state index < -0.39 is 0 Å². The number of hydrogen-bond acceptors (Lipinski definition) is 2. The molecule has 0 bridgehead atoms.